The average Bonchev–Trinajstić information content (AvgIpc) is 2.07. The van der Waals surface area contributed by atoms with E-state index in [1.807, 2.05) is 25.1 Å². The molecule has 0 unspecified atom stereocenters. The Morgan fingerprint density at radius 2 is 1.83 bits per heavy atom. The molecule has 0 amide bonds. The number of hydrogen-bond acceptors (Lipinski definition) is 1. The number of rotatable bonds is 1. The first-order chi connectivity index (χ1) is 5.72. The predicted molar refractivity (Wildman–Crippen MR) is 49.8 cm³/mol. The van der Waals surface area contributed by atoms with Gasteiger partial charge in [0.05, 0.1) is 0 Å². The number of allylic oxidation sites excluding steroid dienone is 1. The molecular weight excluding hydrogens is 152 g/mol. The molecule has 0 radical (unpaired) electrons. The zero-order valence-corrected chi connectivity index (χ0v) is 7.03. The van der Waals surface area contributed by atoms with Crippen LogP contribution in [0.1, 0.15) is 12.5 Å². The van der Waals surface area contributed by atoms with Gasteiger partial charge in [-0.3, -0.25) is 4.79 Å². The number of carboxylic acid groups (broad SMARTS) is 1. The molecule has 0 aliphatic heterocycles. The van der Waals surface area contributed by atoms with Crippen molar-refractivity contribution in [1.29, 1.82) is 0 Å². The van der Waals surface area contributed by atoms with Gasteiger partial charge in [-0.1, -0.05) is 42.5 Å². The van der Waals surface area contributed by atoms with Crippen molar-refractivity contribution in [3.05, 3.63) is 42.5 Å². The van der Waals surface area contributed by atoms with Crippen molar-refractivity contribution in [3.8, 4) is 0 Å². The van der Waals surface area contributed by atoms with Crippen molar-refractivity contribution in [2.75, 3.05) is 0 Å². The maximum absolute atomic E-state index is 8.36. The lowest BCUT2D eigenvalue weighted by Crippen LogP contribution is -1.72. The highest BCUT2D eigenvalue weighted by Gasteiger charge is 1.86. The van der Waals surface area contributed by atoms with E-state index in [2.05, 4.69) is 18.7 Å². The summed E-state index contributed by atoms with van der Waals surface area (Å²) in [5, 5.41) is 6.89. The van der Waals surface area contributed by atoms with E-state index >= 15 is 0 Å². The van der Waals surface area contributed by atoms with E-state index < -0.39 is 0 Å². The highest BCUT2D eigenvalue weighted by molar-refractivity contribution is 5.60. The monoisotopic (exact) mass is 164 g/mol. The molecule has 0 atom stereocenters. The quantitative estimate of drug-likeness (QED) is 0.647. The minimum absolute atomic E-state index is 0.250. The second-order valence-electron chi connectivity index (χ2n) is 2.25. The minimum Gasteiger partial charge on any atom is -0.483 e. The van der Waals surface area contributed by atoms with Gasteiger partial charge < -0.3 is 5.11 Å². The molecule has 0 bridgehead atoms. The molecule has 0 fully saturated rings. The Kier molecular flexibility index (Phi) is 5.35. The Balaban J connectivity index is 0.000000354. The molecule has 2 nitrogen and oxygen atoms in total. The van der Waals surface area contributed by atoms with Gasteiger partial charge in [0.15, 0.2) is 0 Å². The van der Waals surface area contributed by atoms with Crippen molar-refractivity contribution >= 4 is 12.0 Å². The zero-order chi connectivity index (χ0) is 9.40. The summed E-state index contributed by atoms with van der Waals surface area (Å²) in [7, 11) is 0. The molecule has 0 saturated carbocycles. The third-order valence-electron chi connectivity index (χ3n) is 1.27. The number of benzene rings is 1. The standard InChI is InChI=1S/C9H10.CH2O2/c1-8(2)9-6-4-3-5-7-9;2-1-3/h3-7H,1H2,2H3;1H,(H,2,3). The predicted octanol–water partition coefficient (Wildman–Crippen LogP) is 2.42. The summed E-state index contributed by atoms with van der Waals surface area (Å²) >= 11 is 0. The molecule has 1 N–H and O–H groups in total. The van der Waals surface area contributed by atoms with Crippen LogP contribution < -0.4 is 0 Å². The maximum Gasteiger partial charge on any atom is 0.290 e. The van der Waals surface area contributed by atoms with E-state index in [0.29, 0.717) is 0 Å². The van der Waals surface area contributed by atoms with E-state index in [4.69, 9.17) is 9.90 Å². The highest BCUT2D eigenvalue weighted by atomic mass is 16.3. The topological polar surface area (TPSA) is 37.3 Å². The maximum atomic E-state index is 8.36. The molecule has 12 heavy (non-hydrogen) atoms. The van der Waals surface area contributed by atoms with Crippen LogP contribution in [0.15, 0.2) is 36.9 Å². The van der Waals surface area contributed by atoms with Crippen molar-refractivity contribution in [1.82, 2.24) is 0 Å². The molecular formula is C10H12O2. The van der Waals surface area contributed by atoms with Gasteiger partial charge in [0, 0.05) is 0 Å². The van der Waals surface area contributed by atoms with Crippen molar-refractivity contribution in [3.63, 3.8) is 0 Å². The molecule has 0 spiro atoms. The molecule has 0 saturated heterocycles. The molecule has 2 heteroatoms. The van der Waals surface area contributed by atoms with Crippen LogP contribution in [0.4, 0.5) is 0 Å². The molecule has 1 rings (SSSR count). The third-order valence-corrected chi connectivity index (χ3v) is 1.27. The first-order valence-electron chi connectivity index (χ1n) is 3.51. The first kappa shape index (κ1) is 10.4. The molecule has 0 aromatic heterocycles. The lowest BCUT2D eigenvalue weighted by molar-refractivity contribution is -0.122. The van der Waals surface area contributed by atoms with Gasteiger partial charge in [0.2, 0.25) is 0 Å². The van der Waals surface area contributed by atoms with E-state index in [1.54, 1.807) is 0 Å². The minimum atomic E-state index is -0.250. The van der Waals surface area contributed by atoms with Crippen LogP contribution >= 0.6 is 0 Å². The SMILES string of the molecule is C=C(C)c1ccccc1.O=CO. The summed E-state index contributed by atoms with van der Waals surface area (Å²) in [4.78, 5) is 8.36. The van der Waals surface area contributed by atoms with Gasteiger partial charge in [0.1, 0.15) is 0 Å². The summed E-state index contributed by atoms with van der Waals surface area (Å²) in [6, 6.07) is 10.2. The summed E-state index contributed by atoms with van der Waals surface area (Å²) < 4.78 is 0. The summed E-state index contributed by atoms with van der Waals surface area (Å²) in [6.07, 6.45) is 0. The second-order valence-corrected chi connectivity index (χ2v) is 2.25. The smallest absolute Gasteiger partial charge is 0.290 e. The van der Waals surface area contributed by atoms with Gasteiger partial charge >= 0.3 is 0 Å². The molecule has 0 heterocycles. The largest absolute Gasteiger partial charge is 0.483 e. The Morgan fingerprint density at radius 3 is 2.08 bits per heavy atom. The van der Waals surface area contributed by atoms with E-state index in [0.717, 1.165) is 5.57 Å². The van der Waals surface area contributed by atoms with Gasteiger partial charge in [0.25, 0.3) is 6.47 Å². The van der Waals surface area contributed by atoms with Crippen molar-refractivity contribution < 1.29 is 9.90 Å². The van der Waals surface area contributed by atoms with E-state index in [9.17, 15) is 0 Å². The lowest BCUT2D eigenvalue weighted by atomic mass is 10.1. The normalized spacial score (nSPS) is 7.75. The number of hydrogen-bond donors (Lipinski definition) is 1. The van der Waals surface area contributed by atoms with E-state index in [-0.39, 0.29) is 6.47 Å². The molecule has 0 aliphatic carbocycles. The highest BCUT2D eigenvalue weighted by Crippen LogP contribution is 2.08. The fourth-order valence-corrected chi connectivity index (χ4v) is 0.723. The van der Waals surface area contributed by atoms with Crippen LogP contribution in [0.25, 0.3) is 5.57 Å². The van der Waals surface area contributed by atoms with Crippen LogP contribution in [0.5, 0.6) is 0 Å². The first-order valence-corrected chi connectivity index (χ1v) is 3.51. The van der Waals surface area contributed by atoms with Crippen LogP contribution in [0.2, 0.25) is 0 Å². The Morgan fingerprint density at radius 1 is 1.42 bits per heavy atom. The zero-order valence-electron chi connectivity index (χ0n) is 7.03. The van der Waals surface area contributed by atoms with E-state index in [1.165, 1.54) is 5.56 Å². The van der Waals surface area contributed by atoms with Crippen molar-refractivity contribution in [2.45, 2.75) is 6.92 Å². The van der Waals surface area contributed by atoms with Crippen molar-refractivity contribution in [2.24, 2.45) is 0 Å². The second kappa shape index (κ2) is 6.16. The van der Waals surface area contributed by atoms with Crippen LogP contribution in [0, 0.1) is 0 Å². The fourth-order valence-electron chi connectivity index (χ4n) is 0.723. The van der Waals surface area contributed by atoms with Crippen LogP contribution in [0.3, 0.4) is 0 Å². The van der Waals surface area contributed by atoms with Crippen LogP contribution in [-0.4, -0.2) is 11.6 Å². The number of carbonyl (C=O) groups is 1. The Hall–Kier alpha value is -1.57. The third kappa shape index (κ3) is 4.28. The van der Waals surface area contributed by atoms with Gasteiger partial charge in [-0.25, -0.2) is 0 Å². The van der Waals surface area contributed by atoms with Gasteiger partial charge in [-0.15, -0.1) is 0 Å². The molecule has 1 aromatic carbocycles. The molecule has 64 valence electrons. The van der Waals surface area contributed by atoms with Crippen LogP contribution in [-0.2, 0) is 4.79 Å². The summed E-state index contributed by atoms with van der Waals surface area (Å²) in [6.45, 7) is 5.58. The van der Waals surface area contributed by atoms with Gasteiger partial charge in [-0.2, -0.15) is 0 Å². The average molecular weight is 164 g/mol. The molecule has 1 aromatic rings. The Bertz CT molecular complexity index is 239. The fraction of sp³-hybridized carbons (Fsp3) is 0.100. The Labute approximate surface area is 72.2 Å². The summed E-state index contributed by atoms with van der Waals surface area (Å²) in [5.41, 5.74) is 2.34. The molecule has 0 aliphatic rings. The van der Waals surface area contributed by atoms with Gasteiger partial charge in [-0.05, 0) is 12.5 Å². The summed E-state index contributed by atoms with van der Waals surface area (Å²) in [5.74, 6) is 0. The lowest BCUT2D eigenvalue weighted by Gasteiger charge is -1.94.